The number of oxazole rings is 1. The molecule has 0 aliphatic rings. The quantitative estimate of drug-likeness (QED) is 0.444. The maximum Gasteiger partial charge on any atom is 0.236 e. The number of aromatic nitrogens is 5. The largest absolute Gasteiger partial charge is 0.492 e. The lowest BCUT2D eigenvalue weighted by Crippen LogP contribution is -2.03. The molecule has 9 heteroatoms. The molecule has 0 radical (unpaired) electrons. The van der Waals surface area contributed by atoms with E-state index in [9.17, 15) is 0 Å². The predicted molar refractivity (Wildman–Crippen MR) is 99.7 cm³/mol. The molecule has 4 rings (SSSR count). The number of benzene rings is 1. The van der Waals surface area contributed by atoms with Crippen LogP contribution in [0, 0.1) is 0 Å². The van der Waals surface area contributed by atoms with Crippen molar-refractivity contribution in [3.05, 3.63) is 53.7 Å². The summed E-state index contributed by atoms with van der Waals surface area (Å²) in [5.41, 5.74) is 1.65. The van der Waals surface area contributed by atoms with E-state index in [-0.39, 0.29) is 0 Å². The molecule has 132 valence electrons. The van der Waals surface area contributed by atoms with Crippen molar-refractivity contribution in [2.24, 2.45) is 0 Å². The Morgan fingerprint density at radius 2 is 2.15 bits per heavy atom. The molecule has 0 unspecified atom stereocenters. The van der Waals surface area contributed by atoms with Crippen molar-refractivity contribution in [1.82, 2.24) is 25.2 Å². The van der Waals surface area contributed by atoms with Crippen molar-refractivity contribution in [1.29, 1.82) is 0 Å². The van der Waals surface area contributed by atoms with Gasteiger partial charge in [0.15, 0.2) is 0 Å². The lowest BCUT2D eigenvalue weighted by molar-refractivity contribution is 0.337. The van der Waals surface area contributed by atoms with Crippen LogP contribution in [0.3, 0.4) is 0 Å². The minimum Gasteiger partial charge on any atom is -0.492 e. The lowest BCUT2D eigenvalue weighted by Gasteiger charge is -2.10. The Morgan fingerprint density at radius 1 is 1.23 bits per heavy atom. The molecule has 0 N–H and O–H groups in total. The van der Waals surface area contributed by atoms with E-state index < -0.39 is 0 Å². The van der Waals surface area contributed by atoms with E-state index in [1.54, 1.807) is 22.3 Å². The normalized spacial score (nSPS) is 11.0. The van der Waals surface area contributed by atoms with Gasteiger partial charge in [0.1, 0.15) is 17.7 Å². The van der Waals surface area contributed by atoms with Gasteiger partial charge in [0, 0.05) is 5.75 Å². The van der Waals surface area contributed by atoms with Crippen molar-refractivity contribution in [2.75, 3.05) is 6.61 Å². The molecule has 0 fully saturated rings. The van der Waals surface area contributed by atoms with Crippen molar-refractivity contribution in [3.63, 3.8) is 0 Å². The molecule has 0 amide bonds. The Kier molecular flexibility index (Phi) is 4.98. The summed E-state index contributed by atoms with van der Waals surface area (Å²) in [6, 6.07) is 11.6. The molecule has 0 atom stereocenters. The highest BCUT2D eigenvalue weighted by Crippen LogP contribution is 2.29. The Balaban J connectivity index is 1.52. The van der Waals surface area contributed by atoms with E-state index in [0.29, 0.717) is 23.4 Å². The summed E-state index contributed by atoms with van der Waals surface area (Å²) in [7, 11) is 0. The number of para-hydroxylation sites is 2. The number of hydrogen-bond acceptors (Lipinski definition) is 8. The fourth-order valence-electron chi connectivity index (χ4n) is 2.35. The van der Waals surface area contributed by atoms with Crippen LogP contribution in [0.15, 0.2) is 57.6 Å². The van der Waals surface area contributed by atoms with Crippen LogP contribution in [0.4, 0.5) is 0 Å². The van der Waals surface area contributed by atoms with Gasteiger partial charge in [-0.1, -0.05) is 30.0 Å². The van der Waals surface area contributed by atoms with Crippen molar-refractivity contribution >= 4 is 23.1 Å². The summed E-state index contributed by atoms with van der Waals surface area (Å²) in [4.78, 5) is 5.53. The number of thioether (sulfide) groups is 1. The predicted octanol–water partition coefficient (Wildman–Crippen LogP) is 4.07. The van der Waals surface area contributed by atoms with Gasteiger partial charge in [-0.25, -0.2) is 4.98 Å². The third kappa shape index (κ3) is 3.49. The Hall–Kier alpha value is -2.65. The molecule has 7 nitrogen and oxygen atoms in total. The van der Waals surface area contributed by atoms with Gasteiger partial charge in [-0.3, -0.25) is 0 Å². The van der Waals surface area contributed by atoms with E-state index in [1.807, 2.05) is 48.7 Å². The van der Waals surface area contributed by atoms with E-state index >= 15 is 0 Å². The molecule has 26 heavy (non-hydrogen) atoms. The highest BCUT2D eigenvalue weighted by molar-refractivity contribution is 7.98. The summed E-state index contributed by atoms with van der Waals surface area (Å²) < 4.78 is 12.9. The first kappa shape index (κ1) is 16.8. The zero-order valence-corrected chi connectivity index (χ0v) is 15.5. The zero-order chi connectivity index (χ0) is 17.8. The monoisotopic (exact) mass is 385 g/mol. The van der Waals surface area contributed by atoms with Crippen molar-refractivity contribution in [2.45, 2.75) is 17.8 Å². The van der Waals surface area contributed by atoms with Crippen LogP contribution in [-0.4, -0.2) is 31.8 Å². The van der Waals surface area contributed by atoms with Gasteiger partial charge in [-0.05, 0) is 40.9 Å². The van der Waals surface area contributed by atoms with Crippen LogP contribution in [0.25, 0.3) is 16.5 Å². The smallest absolute Gasteiger partial charge is 0.236 e. The van der Waals surface area contributed by atoms with Gasteiger partial charge >= 0.3 is 0 Å². The third-order valence-electron chi connectivity index (χ3n) is 3.47. The lowest BCUT2D eigenvalue weighted by atomic mass is 10.3. The van der Waals surface area contributed by atoms with Crippen molar-refractivity contribution in [3.8, 4) is 22.2 Å². The minimum absolute atomic E-state index is 0.575. The molecule has 1 aromatic carbocycles. The molecule has 0 saturated heterocycles. The number of hydrogen-bond donors (Lipinski definition) is 0. The van der Waals surface area contributed by atoms with Gasteiger partial charge in [0.25, 0.3) is 0 Å². The number of ether oxygens (including phenoxy) is 1. The van der Waals surface area contributed by atoms with Crippen LogP contribution in [0.2, 0.25) is 0 Å². The molecular weight excluding hydrogens is 370 g/mol. The highest BCUT2D eigenvalue weighted by Gasteiger charge is 2.15. The first-order chi connectivity index (χ1) is 12.8. The molecule has 3 aromatic heterocycles. The highest BCUT2D eigenvalue weighted by atomic mass is 32.2. The molecular formula is C17H15N5O2S2. The van der Waals surface area contributed by atoms with E-state index in [4.69, 9.17) is 9.15 Å². The van der Waals surface area contributed by atoms with E-state index in [0.717, 1.165) is 22.0 Å². The van der Waals surface area contributed by atoms with Crippen LogP contribution < -0.4 is 4.74 Å². The van der Waals surface area contributed by atoms with Gasteiger partial charge in [0.05, 0.1) is 17.2 Å². The van der Waals surface area contributed by atoms with Gasteiger partial charge in [-0.15, -0.1) is 16.4 Å². The van der Waals surface area contributed by atoms with Crippen LogP contribution >= 0.6 is 23.1 Å². The average molecular weight is 385 g/mol. The first-order valence-corrected chi connectivity index (χ1v) is 9.83. The standard InChI is InChI=1S/C17H15N5O2S2/c1-2-23-14-7-4-3-6-13(14)22-17(19-20-21-22)26-11-12-10-24-16(18-12)15-8-5-9-25-15/h3-10H,2,11H2,1H3. The van der Waals surface area contributed by atoms with Gasteiger partial charge < -0.3 is 9.15 Å². The second-order valence-corrected chi connectivity index (χ2v) is 7.07. The molecule has 0 saturated carbocycles. The molecule has 0 aliphatic carbocycles. The molecule has 4 aromatic rings. The number of thiophene rings is 1. The fraction of sp³-hybridized carbons (Fsp3) is 0.176. The Morgan fingerprint density at radius 3 is 3.00 bits per heavy atom. The number of tetrazole rings is 1. The van der Waals surface area contributed by atoms with Gasteiger partial charge in [-0.2, -0.15) is 4.68 Å². The fourth-order valence-corrected chi connectivity index (χ4v) is 3.77. The van der Waals surface area contributed by atoms with Crippen LogP contribution in [0.1, 0.15) is 12.6 Å². The topological polar surface area (TPSA) is 78.9 Å². The summed E-state index contributed by atoms with van der Waals surface area (Å²) in [6.07, 6.45) is 1.67. The second-order valence-electron chi connectivity index (χ2n) is 5.18. The SMILES string of the molecule is CCOc1ccccc1-n1nnnc1SCc1coc(-c2cccs2)n1. The molecule has 3 heterocycles. The van der Waals surface area contributed by atoms with E-state index in [1.165, 1.54) is 11.8 Å². The van der Waals surface area contributed by atoms with Crippen molar-refractivity contribution < 1.29 is 9.15 Å². The van der Waals surface area contributed by atoms with Crippen LogP contribution in [-0.2, 0) is 5.75 Å². The minimum atomic E-state index is 0.575. The van der Waals surface area contributed by atoms with Crippen LogP contribution in [0.5, 0.6) is 5.75 Å². The number of nitrogens with zero attached hydrogens (tertiary/aromatic N) is 5. The Labute approximate surface area is 158 Å². The summed E-state index contributed by atoms with van der Waals surface area (Å²) in [6.45, 7) is 2.52. The maximum atomic E-state index is 5.67. The molecule has 0 aliphatic heterocycles. The third-order valence-corrected chi connectivity index (χ3v) is 5.28. The Bertz CT molecular complexity index is 981. The summed E-state index contributed by atoms with van der Waals surface area (Å²) in [5.74, 6) is 1.98. The first-order valence-electron chi connectivity index (χ1n) is 7.97. The average Bonchev–Trinajstić information content (AvgIpc) is 3.41. The molecule has 0 spiro atoms. The summed E-state index contributed by atoms with van der Waals surface area (Å²) >= 11 is 3.09. The second kappa shape index (κ2) is 7.71. The van der Waals surface area contributed by atoms with E-state index in [2.05, 4.69) is 20.5 Å². The number of rotatable bonds is 7. The zero-order valence-electron chi connectivity index (χ0n) is 13.9. The maximum absolute atomic E-state index is 5.67. The summed E-state index contributed by atoms with van der Waals surface area (Å²) in [5, 5.41) is 14.7. The molecule has 0 bridgehead atoms. The van der Waals surface area contributed by atoms with Gasteiger partial charge in [0.2, 0.25) is 11.0 Å².